The number of aryl methyl sites for hydroxylation is 1. The molecule has 3 unspecified atom stereocenters. The lowest BCUT2D eigenvalue weighted by Gasteiger charge is -2.55. The Morgan fingerprint density at radius 1 is 1.11 bits per heavy atom. The van der Waals surface area contributed by atoms with Gasteiger partial charge < -0.3 is 20.1 Å². The van der Waals surface area contributed by atoms with Gasteiger partial charge in [-0.25, -0.2) is 0 Å². The van der Waals surface area contributed by atoms with Gasteiger partial charge in [-0.05, 0) is 24.1 Å². The fourth-order valence-corrected chi connectivity index (χ4v) is 5.57. The van der Waals surface area contributed by atoms with Crippen LogP contribution in [0.4, 0.5) is 0 Å². The summed E-state index contributed by atoms with van der Waals surface area (Å²) >= 11 is 0. The number of amides is 1. The molecule has 1 amide bonds. The highest BCUT2D eigenvalue weighted by Gasteiger charge is 2.55. The number of benzene rings is 1. The Labute approximate surface area is 160 Å². The van der Waals surface area contributed by atoms with Gasteiger partial charge >= 0.3 is 0 Å². The molecule has 4 aliphatic rings. The molecule has 3 atom stereocenters. The number of fused-ring (bicyclic) bond motifs is 1. The number of nitrogens with one attached hydrogen (secondary N) is 2. The number of carbonyl (C=O) groups excluding carboxylic acids is 1. The molecule has 142 valence electrons. The van der Waals surface area contributed by atoms with E-state index in [1.807, 2.05) is 12.1 Å². The molecule has 0 radical (unpaired) electrons. The molecule has 2 aromatic rings. The number of piperidine rings is 2. The molecule has 1 aromatic carbocycles. The monoisotopic (exact) mass is 364 g/mol. The van der Waals surface area contributed by atoms with Gasteiger partial charge in [-0.3, -0.25) is 4.79 Å². The van der Waals surface area contributed by atoms with Gasteiger partial charge in [0.2, 0.25) is 0 Å². The molecule has 2 N–H and O–H groups in total. The number of hydrogen-bond acceptors (Lipinski definition) is 3. The smallest absolute Gasteiger partial charge is 0.267 e. The Bertz CT molecular complexity index is 814. The van der Waals surface area contributed by atoms with Crippen LogP contribution in [0.3, 0.4) is 0 Å². The van der Waals surface area contributed by atoms with Crippen molar-refractivity contribution in [3.63, 3.8) is 0 Å². The number of nitrogens with zero attached hydrogens (tertiary/aromatic N) is 2. The molecule has 0 saturated carbocycles. The number of carbonyl (C=O) groups is 1. The van der Waals surface area contributed by atoms with E-state index in [9.17, 15) is 4.79 Å². The SMILES string of the molecule is CCc1ccc(C(=O)NC2C3CN4CCN(C3)CC2(c2ccccc2)C4)[nH]1. The van der Waals surface area contributed by atoms with Crippen LogP contribution in [-0.2, 0) is 11.8 Å². The van der Waals surface area contributed by atoms with Gasteiger partial charge in [0.15, 0.2) is 0 Å². The Balaban J connectivity index is 1.50. The summed E-state index contributed by atoms with van der Waals surface area (Å²) in [5.74, 6) is 0.505. The molecule has 27 heavy (non-hydrogen) atoms. The third-order valence-corrected chi connectivity index (χ3v) is 6.80. The first-order valence-corrected chi connectivity index (χ1v) is 10.2. The normalized spacial score (nSPS) is 34.4. The van der Waals surface area contributed by atoms with Gasteiger partial charge in [0, 0.05) is 62.3 Å². The maximum Gasteiger partial charge on any atom is 0.267 e. The summed E-state index contributed by atoms with van der Waals surface area (Å²) < 4.78 is 0. The van der Waals surface area contributed by atoms with Crippen molar-refractivity contribution < 1.29 is 4.79 Å². The largest absolute Gasteiger partial charge is 0.354 e. The molecule has 4 fully saturated rings. The van der Waals surface area contributed by atoms with Crippen LogP contribution in [0.2, 0.25) is 0 Å². The maximum absolute atomic E-state index is 13.1. The summed E-state index contributed by atoms with van der Waals surface area (Å²) in [5, 5.41) is 3.46. The highest BCUT2D eigenvalue weighted by molar-refractivity contribution is 5.93. The average molecular weight is 364 g/mol. The van der Waals surface area contributed by atoms with E-state index in [1.165, 1.54) is 5.56 Å². The van der Waals surface area contributed by atoms with Gasteiger partial charge in [0.25, 0.3) is 5.91 Å². The first-order chi connectivity index (χ1) is 13.2. The van der Waals surface area contributed by atoms with Crippen molar-refractivity contribution in [3.8, 4) is 0 Å². The van der Waals surface area contributed by atoms with E-state index in [0.29, 0.717) is 11.6 Å². The van der Waals surface area contributed by atoms with Gasteiger partial charge in [-0.1, -0.05) is 37.3 Å². The average Bonchev–Trinajstić information content (AvgIpc) is 3.04. The van der Waals surface area contributed by atoms with Gasteiger partial charge in [-0.2, -0.15) is 0 Å². The zero-order chi connectivity index (χ0) is 18.4. The zero-order valence-corrected chi connectivity index (χ0v) is 15.9. The first kappa shape index (κ1) is 17.0. The minimum Gasteiger partial charge on any atom is -0.354 e. The fraction of sp³-hybridized carbons (Fsp3) is 0.500. The predicted molar refractivity (Wildman–Crippen MR) is 106 cm³/mol. The third kappa shape index (κ3) is 2.80. The van der Waals surface area contributed by atoms with Crippen molar-refractivity contribution in [2.45, 2.75) is 24.8 Å². The van der Waals surface area contributed by atoms with Crippen molar-refractivity contribution >= 4 is 5.91 Å². The van der Waals surface area contributed by atoms with Crippen molar-refractivity contribution in [2.24, 2.45) is 5.92 Å². The molecule has 0 spiro atoms. The Morgan fingerprint density at radius 3 is 2.44 bits per heavy atom. The minimum absolute atomic E-state index is 0.0330. The topological polar surface area (TPSA) is 51.4 Å². The number of H-pyrrole nitrogens is 1. The van der Waals surface area contributed by atoms with Crippen LogP contribution in [0, 0.1) is 5.92 Å². The lowest BCUT2D eigenvalue weighted by Crippen LogP contribution is -2.70. The van der Waals surface area contributed by atoms with Crippen molar-refractivity contribution in [3.05, 3.63) is 59.4 Å². The van der Waals surface area contributed by atoms with Crippen LogP contribution >= 0.6 is 0 Å². The van der Waals surface area contributed by atoms with Crippen LogP contribution in [0.5, 0.6) is 0 Å². The molecule has 6 rings (SSSR count). The van der Waals surface area contributed by atoms with Crippen molar-refractivity contribution in [2.75, 3.05) is 39.3 Å². The second-order valence-corrected chi connectivity index (χ2v) is 8.45. The summed E-state index contributed by atoms with van der Waals surface area (Å²) in [5.41, 5.74) is 3.12. The number of aromatic nitrogens is 1. The van der Waals surface area contributed by atoms with Crippen LogP contribution in [-0.4, -0.2) is 66.0 Å². The van der Waals surface area contributed by atoms with E-state index < -0.39 is 0 Å². The van der Waals surface area contributed by atoms with Crippen LogP contribution < -0.4 is 5.32 Å². The quantitative estimate of drug-likeness (QED) is 0.871. The number of rotatable bonds is 4. The molecule has 4 saturated heterocycles. The van der Waals surface area contributed by atoms with Crippen molar-refractivity contribution in [1.29, 1.82) is 0 Å². The van der Waals surface area contributed by atoms with E-state index in [1.54, 1.807) is 0 Å². The molecule has 1 aromatic heterocycles. The van der Waals surface area contributed by atoms with Gasteiger partial charge in [-0.15, -0.1) is 0 Å². The molecule has 0 aliphatic carbocycles. The second kappa shape index (κ2) is 6.50. The van der Waals surface area contributed by atoms with E-state index in [-0.39, 0.29) is 17.4 Å². The molecule has 4 bridgehead atoms. The van der Waals surface area contributed by atoms with Crippen LogP contribution in [0.25, 0.3) is 0 Å². The first-order valence-electron chi connectivity index (χ1n) is 10.2. The third-order valence-electron chi connectivity index (χ3n) is 6.80. The number of hydrogen-bond donors (Lipinski definition) is 2. The van der Waals surface area contributed by atoms with E-state index in [0.717, 1.165) is 51.4 Å². The predicted octanol–water partition coefficient (Wildman–Crippen LogP) is 1.87. The van der Waals surface area contributed by atoms with Crippen LogP contribution in [0.1, 0.15) is 28.7 Å². The second-order valence-electron chi connectivity index (χ2n) is 8.45. The number of aromatic amines is 1. The highest BCUT2D eigenvalue weighted by Crippen LogP contribution is 2.43. The molecular weight excluding hydrogens is 336 g/mol. The molecular formula is C22H28N4O. The van der Waals surface area contributed by atoms with E-state index >= 15 is 0 Å². The summed E-state index contributed by atoms with van der Waals surface area (Å²) in [6, 6.07) is 14.9. The van der Waals surface area contributed by atoms with Crippen LogP contribution in [0.15, 0.2) is 42.5 Å². The standard InChI is InChI=1S/C22H28N4O/c1-2-18-8-9-19(23-18)21(27)24-20-16-12-25-10-11-26(13-16)15-22(20,14-25)17-6-4-3-5-7-17/h3-9,16,20,23H,2,10-15H2,1H3,(H,24,27). The Kier molecular flexibility index (Phi) is 4.10. The summed E-state index contributed by atoms with van der Waals surface area (Å²) in [4.78, 5) is 21.5. The molecule has 5 heteroatoms. The highest BCUT2D eigenvalue weighted by atomic mass is 16.2. The summed E-state index contributed by atoms with van der Waals surface area (Å²) in [6.07, 6.45) is 0.914. The molecule has 5 nitrogen and oxygen atoms in total. The summed E-state index contributed by atoms with van der Waals surface area (Å²) in [7, 11) is 0. The van der Waals surface area contributed by atoms with Gasteiger partial charge in [0.05, 0.1) is 0 Å². The van der Waals surface area contributed by atoms with E-state index in [2.05, 4.69) is 57.4 Å². The molecule has 4 aliphatic heterocycles. The minimum atomic E-state index is -0.0330. The fourth-order valence-electron chi connectivity index (χ4n) is 5.57. The zero-order valence-electron chi connectivity index (χ0n) is 15.9. The van der Waals surface area contributed by atoms with Gasteiger partial charge in [0.1, 0.15) is 5.69 Å². The summed E-state index contributed by atoms with van der Waals surface area (Å²) in [6.45, 7) is 8.61. The molecule has 5 heterocycles. The van der Waals surface area contributed by atoms with E-state index in [4.69, 9.17) is 0 Å². The van der Waals surface area contributed by atoms with Crippen molar-refractivity contribution in [1.82, 2.24) is 20.1 Å². The Morgan fingerprint density at radius 2 is 1.81 bits per heavy atom. The Hall–Kier alpha value is -2.11. The lowest BCUT2D eigenvalue weighted by atomic mass is 9.64. The maximum atomic E-state index is 13.1. The lowest BCUT2D eigenvalue weighted by molar-refractivity contribution is 0.0179.